The molecule has 0 aromatic rings. The van der Waals surface area contributed by atoms with Gasteiger partial charge in [0, 0.05) is 0 Å². The van der Waals surface area contributed by atoms with Crippen LogP contribution in [0.5, 0.6) is 0 Å². The van der Waals surface area contributed by atoms with Gasteiger partial charge in [-0.15, -0.1) is 0 Å². The molecule has 1 nitrogen and oxygen atoms in total. The third-order valence-corrected chi connectivity index (χ3v) is 2.68. The predicted molar refractivity (Wildman–Crippen MR) is 39.9 cm³/mol. The number of hydrogen-bond donors (Lipinski definition) is 0. The van der Waals surface area contributed by atoms with E-state index in [4.69, 9.17) is 0 Å². The summed E-state index contributed by atoms with van der Waals surface area (Å²) in [4.78, 5) is 0. The molecule has 120 valence electrons. The fraction of sp³-hybridized carbons (Fsp3) is 1.00. The first-order valence-electron chi connectivity index (χ1n) is 4.81. The Bertz CT molecular complexity index is 356. The maximum atomic E-state index is 13.0. The first-order chi connectivity index (χ1) is 8.62. The summed E-state index contributed by atoms with van der Waals surface area (Å²) in [6.45, 7) is 0. The molecule has 1 rings (SSSR count). The molecule has 1 fully saturated rings. The van der Waals surface area contributed by atoms with Crippen LogP contribution in [0.25, 0.3) is 0 Å². The third-order valence-electron chi connectivity index (χ3n) is 2.68. The predicted octanol–water partition coefficient (Wildman–Crippen LogP) is 4.08. The van der Waals surface area contributed by atoms with Crippen LogP contribution in [0.3, 0.4) is 0 Å². The van der Waals surface area contributed by atoms with Crippen LogP contribution in [-0.2, 0) is 4.74 Å². The molecular formula is C8H5F11O. The Labute approximate surface area is 103 Å². The highest BCUT2D eigenvalue weighted by atomic mass is 19.4. The zero-order valence-corrected chi connectivity index (χ0v) is 9.01. The first kappa shape index (κ1) is 17.2. The number of halogens is 11. The van der Waals surface area contributed by atoms with Gasteiger partial charge in [-0.3, -0.25) is 0 Å². The van der Waals surface area contributed by atoms with E-state index in [1.807, 2.05) is 0 Å². The van der Waals surface area contributed by atoms with Crippen molar-refractivity contribution in [2.75, 3.05) is 0 Å². The van der Waals surface area contributed by atoms with Crippen LogP contribution in [0.4, 0.5) is 48.3 Å². The fourth-order valence-electron chi connectivity index (χ4n) is 1.55. The van der Waals surface area contributed by atoms with Crippen molar-refractivity contribution >= 4 is 0 Å². The zero-order valence-electron chi connectivity index (χ0n) is 9.01. The molecule has 0 spiro atoms. The van der Waals surface area contributed by atoms with Crippen molar-refractivity contribution in [2.24, 2.45) is 5.92 Å². The van der Waals surface area contributed by atoms with E-state index in [-0.39, 0.29) is 0 Å². The lowest BCUT2D eigenvalue weighted by atomic mass is 9.97. The number of hydrogen-bond acceptors (Lipinski definition) is 1. The Morgan fingerprint density at radius 2 is 1.25 bits per heavy atom. The third kappa shape index (κ3) is 2.66. The molecular weight excluding hydrogens is 321 g/mol. The Hall–Kier alpha value is -0.810. The van der Waals surface area contributed by atoms with E-state index in [1.165, 1.54) is 0 Å². The Balaban J connectivity index is 3.02. The van der Waals surface area contributed by atoms with Gasteiger partial charge in [-0.25, -0.2) is 4.39 Å². The topological polar surface area (TPSA) is 9.23 Å². The summed E-state index contributed by atoms with van der Waals surface area (Å²) in [7, 11) is 0. The Morgan fingerprint density at radius 1 is 0.800 bits per heavy atom. The standard InChI is InChI=1S/C8H5F11O/c9-4-2(6(12,13)14)1-3(20-4)5(10,11)7(15,16)8(17,18)19/h2-4H,1H2. The summed E-state index contributed by atoms with van der Waals surface area (Å²) >= 11 is 0. The maximum Gasteiger partial charge on any atom is 0.459 e. The normalized spacial score (nSPS) is 29.9. The first-order valence-corrected chi connectivity index (χ1v) is 4.81. The van der Waals surface area contributed by atoms with Crippen molar-refractivity contribution in [2.45, 2.75) is 43.1 Å². The van der Waals surface area contributed by atoms with Crippen LogP contribution in [0.15, 0.2) is 0 Å². The highest BCUT2D eigenvalue weighted by Gasteiger charge is 2.77. The maximum absolute atomic E-state index is 13.0. The van der Waals surface area contributed by atoms with E-state index >= 15 is 0 Å². The minimum atomic E-state index is -6.72. The van der Waals surface area contributed by atoms with Crippen LogP contribution in [0, 0.1) is 5.92 Å². The van der Waals surface area contributed by atoms with E-state index in [0.29, 0.717) is 0 Å². The van der Waals surface area contributed by atoms with Crippen molar-refractivity contribution in [3.05, 3.63) is 0 Å². The lowest BCUT2D eigenvalue weighted by Crippen LogP contribution is -2.57. The Morgan fingerprint density at radius 3 is 1.55 bits per heavy atom. The molecule has 0 N–H and O–H groups in total. The second-order valence-electron chi connectivity index (χ2n) is 4.05. The second kappa shape index (κ2) is 4.60. The molecule has 1 aliphatic rings. The Kier molecular flexibility index (Phi) is 3.96. The van der Waals surface area contributed by atoms with Gasteiger partial charge in [0.2, 0.25) is 6.36 Å². The van der Waals surface area contributed by atoms with Gasteiger partial charge in [-0.2, -0.15) is 43.9 Å². The van der Waals surface area contributed by atoms with Gasteiger partial charge in [0.25, 0.3) is 0 Å². The highest BCUT2D eigenvalue weighted by Crippen LogP contribution is 2.53. The minimum absolute atomic E-state index is 2.04. The summed E-state index contributed by atoms with van der Waals surface area (Å²) in [6, 6.07) is 0. The van der Waals surface area contributed by atoms with Crippen LogP contribution in [0.1, 0.15) is 6.42 Å². The van der Waals surface area contributed by atoms with Crippen molar-refractivity contribution in [3.63, 3.8) is 0 Å². The van der Waals surface area contributed by atoms with E-state index < -0.39 is 49.0 Å². The van der Waals surface area contributed by atoms with Crippen LogP contribution in [-0.4, -0.2) is 36.7 Å². The molecule has 1 heterocycles. The van der Waals surface area contributed by atoms with E-state index in [1.54, 1.807) is 0 Å². The number of ether oxygens (including phenoxy) is 1. The molecule has 20 heavy (non-hydrogen) atoms. The van der Waals surface area contributed by atoms with Gasteiger partial charge >= 0.3 is 24.2 Å². The molecule has 1 saturated heterocycles. The summed E-state index contributed by atoms with van der Waals surface area (Å²) < 4.78 is 139. The van der Waals surface area contributed by atoms with Gasteiger partial charge in [-0.05, 0) is 6.42 Å². The largest absolute Gasteiger partial charge is 0.459 e. The zero-order chi connectivity index (χ0) is 16.1. The lowest BCUT2D eigenvalue weighted by Gasteiger charge is -2.31. The highest BCUT2D eigenvalue weighted by molar-refractivity contribution is 5.00. The molecule has 12 heteroatoms. The molecule has 0 amide bonds. The molecule has 0 bridgehead atoms. The number of rotatable bonds is 2. The summed E-state index contributed by atoms with van der Waals surface area (Å²) in [5, 5.41) is 0. The van der Waals surface area contributed by atoms with Crippen molar-refractivity contribution in [1.29, 1.82) is 0 Å². The van der Waals surface area contributed by atoms with Gasteiger partial charge < -0.3 is 4.74 Å². The molecule has 0 saturated carbocycles. The van der Waals surface area contributed by atoms with Crippen LogP contribution >= 0.6 is 0 Å². The lowest BCUT2D eigenvalue weighted by molar-refractivity contribution is -0.373. The van der Waals surface area contributed by atoms with Gasteiger partial charge in [0.1, 0.15) is 12.0 Å². The molecule has 1 aliphatic heterocycles. The van der Waals surface area contributed by atoms with Gasteiger partial charge in [0.05, 0.1) is 0 Å². The van der Waals surface area contributed by atoms with Crippen molar-refractivity contribution in [1.82, 2.24) is 0 Å². The summed E-state index contributed by atoms with van der Waals surface area (Å²) in [6.07, 6.45) is -21.1. The van der Waals surface area contributed by atoms with Crippen molar-refractivity contribution < 1.29 is 53.0 Å². The average molecular weight is 326 g/mol. The molecule has 0 aromatic heterocycles. The van der Waals surface area contributed by atoms with Crippen molar-refractivity contribution in [3.8, 4) is 0 Å². The minimum Gasteiger partial charge on any atom is -0.338 e. The average Bonchev–Trinajstić information content (AvgIpc) is 2.58. The monoisotopic (exact) mass is 326 g/mol. The molecule has 3 unspecified atom stereocenters. The van der Waals surface area contributed by atoms with E-state index in [0.717, 1.165) is 0 Å². The summed E-state index contributed by atoms with van der Waals surface area (Å²) in [5.74, 6) is -15.9. The van der Waals surface area contributed by atoms with Gasteiger partial charge in [-0.1, -0.05) is 0 Å². The van der Waals surface area contributed by atoms with E-state index in [2.05, 4.69) is 4.74 Å². The quantitative estimate of drug-likeness (QED) is 0.695. The molecule has 0 aromatic carbocycles. The molecule has 0 aliphatic carbocycles. The van der Waals surface area contributed by atoms with Gasteiger partial charge in [0.15, 0.2) is 0 Å². The smallest absolute Gasteiger partial charge is 0.338 e. The van der Waals surface area contributed by atoms with Crippen LogP contribution in [0.2, 0.25) is 0 Å². The molecule has 0 radical (unpaired) electrons. The fourth-order valence-corrected chi connectivity index (χ4v) is 1.55. The van der Waals surface area contributed by atoms with E-state index in [9.17, 15) is 48.3 Å². The second-order valence-corrected chi connectivity index (χ2v) is 4.05. The SMILES string of the molecule is FC1OC(C(F)(F)C(F)(F)C(F)(F)F)CC1C(F)(F)F. The molecule has 3 atom stereocenters. The summed E-state index contributed by atoms with van der Waals surface area (Å²) in [5.41, 5.74) is 0. The number of alkyl halides is 11. The van der Waals surface area contributed by atoms with Crippen LogP contribution < -0.4 is 0 Å².